The minimum absolute atomic E-state index is 0.00413. The van der Waals surface area contributed by atoms with Gasteiger partial charge in [-0.2, -0.15) is 18.6 Å². The molecular weight excluding hydrogens is 1270 g/mol. The summed E-state index contributed by atoms with van der Waals surface area (Å²) in [6.07, 6.45) is 4.68. The maximum absolute atomic E-state index is 14.4. The van der Waals surface area contributed by atoms with Gasteiger partial charge in [0.1, 0.15) is 48.8 Å². The Labute approximate surface area is 529 Å². The van der Waals surface area contributed by atoms with Gasteiger partial charge in [-0.05, 0) is 98.5 Å². The number of nitro groups is 1. The molecule has 6 aliphatic heterocycles. The van der Waals surface area contributed by atoms with Crippen molar-refractivity contribution >= 4 is 81.2 Å². The number of carbonyl (C=O) groups is 3. The monoisotopic (exact) mass is 1340 g/mol. The number of aromatic carboxylic acids is 1. The summed E-state index contributed by atoms with van der Waals surface area (Å²) in [5, 5.41) is 30.9. The van der Waals surface area contributed by atoms with E-state index in [2.05, 4.69) is 69.3 Å². The quantitative estimate of drug-likeness (QED) is 0.0112. The number of nitro benzene ring substituents is 1. The van der Waals surface area contributed by atoms with Gasteiger partial charge in [0.25, 0.3) is 11.6 Å². The molecule has 0 aliphatic carbocycles. The summed E-state index contributed by atoms with van der Waals surface area (Å²) in [5.74, 6) is 5.07. The van der Waals surface area contributed by atoms with Crippen LogP contribution in [0.3, 0.4) is 0 Å². The number of hydrogen-bond donors (Lipinski definition) is 9. The molecule has 488 valence electrons. The highest BCUT2D eigenvalue weighted by molar-refractivity contribution is 7.66. The molecule has 12 rings (SSSR count). The van der Waals surface area contributed by atoms with Crippen molar-refractivity contribution in [1.29, 1.82) is 0 Å². The minimum Gasteiger partial charge on any atom is -0.478 e. The number of amides is 2. The summed E-state index contributed by atoms with van der Waals surface area (Å²) in [6.45, 7) is 7.48. The van der Waals surface area contributed by atoms with Crippen molar-refractivity contribution in [2.45, 2.75) is 95.8 Å². The Kier molecular flexibility index (Phi) is 18.0. The third kappa shape index (κ3) is 13.4. The number of anilines is 3. The Morgan fingerprint density at radius 2 is 1.68 bits per heavy atom. The Balaban J connectivity index is 0.752. The van der Waals surface area contributed by atoms with E-state index in [1.54, 1.807) is 6.07 Å². The molecule has 30 nitrogen and oxygen atoms in total. The van der Waals surface area contributed by atoms with Gasteiger partial charge in [-0.25, -0.2) is 27.9 Å². The predicted molar refractivity (Wildman–Crippen MR) is 332 cm³/mol. The Morgan fingerprint density at radius 3 is 2.43 bits per heavy atom. The first kappa shape index (κ1) is 64.7. The van der Waals surface area contributed by atoms with Crippen LogP contribution in [0.5, 0.6) is 11.5 Å². The van der Waals surface area contributed by atoms with Crippen LogP contribution in [-0.2, 0) is 73.3 Å². The SMILES string of the molecule is C=CCOC1CC(n2cc(C#CCNC(=O)OC(C)c3cc(CNC(=O)c4ccc(C(=O)O)c(C5=c6cc7c8c(c6Oc6c5cc5c9c6CCCN9CCC5)CCC[N+]=8CCC7)c4)ccc3[N+](=O)[O-])c3c(N)nc(N)nc32)OC1COP(=O)(O)OP(=O)(O)OP(=O)(O)O. The average molecular weight is 1340 g/mol. The molecule has 0 saturated carbocycles. The molecule has 11 N–H and O–H groups in total. The maximum Gasteiger partial charge on any atom is 0.490 e. The van der Waals surface area contributed by atoms with Gasteiger partial charge in [0.2, 0.25) is 11.3 Å². The first-order valence-corrected chi connectivity index (χ1v) is 34.3. The second-order valence-electron chi connectivity index (χ2n) is 23.0. The highest BCUT2D eigenvalue weighted by atomic mass is 31.3. The molecular formula is C60H64N10O20P3+. The van der Waals surface area contributed by atoms with Gasteiger partial charge in [0.05, 0.1) is 58.4 Å². The Hall–Kier alpha value is -8.39. The number of nitrogens with one attached hydrogen (secondary N) is 2. The van der Waals surface area contributed by atoms with E-state index in [0.717, 1.165) is 111 Å². The molecule has 6 aromatic rings. The molecule has 4 aromatic carbocycles. The van der Waals surface area contributed by atoms with Gasteiger partial charge >= 0.3 is 35.5 Å². The van der Waals surface area contributed by atoms with Crippen molar-refractivity contribution in [1.82, 2.24) is 29.7 Å². The van der Waals surface area contributed by atoms with Crippen LogP contribution in [0.4, 0.5) is 27.9 Å². The molecule has 93 heavy (non-hydrogen) atoms. The Bertz CT molecular complexity index is 4500. The summed E-state index contributed by atoms with van der Waals surface area (Å²) >= 11 is 0. The molecule has 0 spiro atoms. The van der Waals surface area contributed by atoms with Crippen molar-refractivity contribution in [3.63, 3.8) is 0 Å². The first-order chi connectivity index (χ1) is 44.3. The van der Waals surface area contributed by atoms with E-state index in [1.165, 1.54) is 76.3 Å². The molecule has 2 aromatic heterocycles. The third-order valence-electron chi connectivity index (χ3n) is 16.9. The van der Waals surface area contributed by atoms with Crippen LogP contribution < -0.4 is 46.9 Å². The number of nitrogens with two attached hydrogens (primary N) is 2. The number of aryl methyl sites for hydroxylation is 2. The standard InChI is InChI=1S/C60H63N10O20P3/c1-3-23-84-46-28-48(87-47(46)31-85-92(80,81)90-93(82,83)89-91(77,78)79)69-30-37(49-55(61)65-59(62)66-56(49)69)9-4-18-63-60(74)86-32(2)41-24-33(14-17-45(41)70(75)76)29-64-57(71)36-15-16-38(58(72)73)42(27-36)50-43-25-34-10-5-19-67-21-7-12-39(51(34)67)53(43)88-54-40-13-8-22-68-20-6-11-35(52(40)68)26-44(50)54/h3,14-17,24-27,30,32,46-48H,1,5-8,10-13,18-23,28-29,31H2,2H3,(H10-,61,62,63,64,65,66,71,72,73,74,77,78,79,80,81,82,83)/p+1. The zero-order chi connectivity index (χ0) is 65.8. The minimum atomic E-state index is -5.82. The Morgan fingerprint density at radius 1 is 0.925 bits per heavy atom. The second kappa shape index (κ2) is 25.8. The molecule has 1 fully saturated rings. The number of hydrogen-bond acceptors (Lipinski definition) is 20. The molecule has 0 bridgehead atoms. The van der Waals surface area contributed by atoms with Crippen molar-refractivity contribution < 1.29 is 89.8 Å². The van der Waals surface area contributed by atoms with Gasteiger partial charge < -0.3 is 75.2 Å². The van der Waals surface area contributed by atoms with E-state index in [-0.39, 0.29) is 76.9 Å². The van der Waals surface area contributed by atoms with Crippen LogP contribution in [0.25, 0.3) is 16.6 Å². The van der Waals surface area contributed by atoms with Crippen LogP contribution in [0.15, 0.2) is 67.4 Å². The average Bonchev–Trinajstić information content (AvgIpc) is 1.35. The fourth-order valence-corrected chi connectivity index (χ4v) is 16.3. The number of ether oxygens (including phenoxy) is 4. The number of nitrogens with zero attached hydrogens (tertiary/aromatic N) is 6. The van der Waals surface area contributed by atoms with Crippen LogP contribution >= 0.6 is 23.5 Å². The first-order valence-electron chi connectivity index (χ1n) is 29.7. The molecule has 2 amide bonds. The zero-order valence-corrected chi connectivity index (χ0v) is 52.5. The van der Waals surface area contributed by atoms with Crippen molar-refractivity contribution in [2.75, 3.05) is 62.3 Å². The number of carboxylic acid groups (broad SMARTS) is 1. The lowest BCUT2D eigenvalue weighted by Gasteiger charge is -2.39. The number of nitrogen functional groups attached to an aromatic ring is 2. The van der Waals surface area contributed by atoms with Gasteiger partial charge in [-0.3, -0.25) is 19.4 Å². The fourth-order valence-electron chi connectivity index (χ4n) is 13.3. The number of carbonyl (C=O) groups excluding carboxylic acids is 2. The molecule has 33 heteroatoms. The summed E-state index contributed by atoms with van der Waals surface area (Å²) in [4.78, 5) is 101. The van der Waals surface area contributed by atoms with E-state index in [9.17, 15) is 53.1 Å². The fraction of sp³-hybridized carbons (Fsp3) is 0.367. The lowest BCUT2D eigenvalue weighted by atomic mass is 9.81. The van der Waals surface area contributed by atoms with Crippen LogP contribution in [0.2, 0.25) is 0 Å². The number of phosphoric ester groups is 1. The van der Waals surface area contributed by atoms with E-state index < -0.39 is 77.5 Å². The lowest BCUT2D eigenvalue weighted by Crippen LogP contribution is -2.45. The molecule has 6 atom stereocenters. The second-order valence-corrected chi connectivity index (χ2v) is 27.4. The van der Waals surface area contributed by atoms with Gasteiger partial charge in [-0.15, -0.1) is 6.58 Å². The van der Waals surface area contributed by atoms with Gasteiger partial charge in [-0.1, -0.05) is 24.0 Å². The number of alkyl carbamates (subject to hydrolysis) is 1. The number of fused-ring (bicyclic) bond motifs is 5. The number of benzene rings is 4. The molecule has 0 radical (unpaired) electrons. The highest BCUT2D eigenvalue weighted by Gasteiger charge is 2.45. The maximum atomic E-state index is 14.4. The van der Waals surface area contributed by atoms with Crippen molar-refractivity contribution in [3.05, 3.63) is 149 Å². The van der Waals surface area contributed by atoms with E-state index in [0.29, 0.717) is 16.7 Å². The molecule has 8 heterocycles. The van der Waals surface area contributed by atoms with Crippen molar-refractivity contribution in [2.24, 2.45) is 0 Å². The van der Waals surface area contributed by atoms with Gasteiger partial charge in [0, 0.05) is 89.9 Å². The number of carboxylic acids is 1. The number of rotatable bonds is 20. The highest BCUT2D eigenvalue weighted by Crippen LogP contribution is 2.66. The van der Waals surface area contributed by atoms with Crippen LogP contribution in [0.1, 0.15) is 122 Å². The summed E-state index contributed by atoms with van der Waals surface area (Å²) in [5.41, 5.74) is 20.5. The normalized spacial score (nSPS) is 19.5. The molecule has 1 saturated heterocycles. The molecule has 6 aliphatic rings. The van der Waals surface area contributed by atoms with Crippen LogP contribution in [0, 0.1) is 22.0 Å². The smallest absolute Gasteiger partial charge is 0.478 e. The van der Waals surface area contributed by atoms with E-state index in [1.807, 2.05) is 0 Å². The topological polar surface area (TPSA) is 424 Å². The molecule has 6 unspecified atom stereocenters. The lowest BCUT2D eigenvalue weighted by molar-refractivity contribution is -0.386. The largest absolute Gasteiger partial charge is 0.490 e. The van der Waals surface area contributed by atoms with Crippen molar-refractivity contribution in [3.8, 4) is 23.3 Å². The van der Waals surface area contributed by atoms with Crippen LogP contribution in [-0.4, -0.2) is 120 Å². The third-order valence-corrected chi connectivity index (χ3v) is 20.7. The summed E-state index contributed by atoms with van der Waals surface area (Å²) in [7, 11) is -17.0. The van der Waals surface area contributed by atoms with E-state index in [4.69, 9.17) is 44.7 Å². The summed E-state index contributed by atoms with van der Waals surface area (Å²) in [6, 6.07) is 13.0. The number of aromatic nitrogens is 3. The predicted octanol–water partition coefficient (Wildman–Crippen LogP) is 5.61. The zero-order valence-electron chi connectivity index (χ0n) is 49.9. The van der Waals surface area contributed by atoms with Gasteiger partial charge in [0.15, 0.2) is 5.65 Å². The van der Waals surface area contributed by atoms with E-state index >= 15 is 0 Å². The number of phosphoric acid groups is 3. The summed E-state index contributed by atoms with van der Waals surface area (Å²) < 4.78 is 76.7.